The number of hydrogen-bond acceptors (Lipinski definition) is 3. The Bertz CT molecular complexity index is 3920. The molecule has 11 aromatic carbocycles. The highest BCUT2D eigenvalue weighted by Gasteiger charge is 2.21. The second-order valence-electron chi connectivity index (χ2n) is 16.4. The lowest BCUT2D eigenvalue weighted by molar-refractivity contribution is 0.669. The van der Waals surface area contributed by atoms with E-state index < -0.39 is 0 Å². The molecule has 0 saturated heterocycles. The lowest BCUT2D eigenvalue weighted by atomic mass is 9.86. The molecule has 0 N–H and O–H groups in total. The van der Waals surface area contributed by atoms with Crippen LogP contribution in [0.5, 0.6) is 0 Å². The van der Waals surface area contributed by atoms with Crippen molar-refractivity contribution < 1.29 is 4.42 Å². The zero-order valence-electron chi connectivity index (χ0n) is 34.1. The number of hydrogen-bond donors (Lipinski definition) is 0. The third-order valence-corrected chi connectivity index (χ3v) is 14.0. The van der Waals surface area contributed by atoms with Crippen LogP contribution in [0.1, 0.15) is 0 Å². The van der Waals surface area contributed by atoms with Crippen molar-refractivity contribution in [3.8, 4) is 33.4 Å². The van der Waals surface area contributed by atoms with Crippen LogP contribution >= 0.6 is 11.3 Å². The molecule has 0 amide bonds. The summed E-state index contributed by atoms with van der Waals surface area (Å²) in [7, 11) is 0. The third kappa shape index (κ3) is 5.78. The zero-order valence-corrected chi connectivity index (χ0v) is 34.9. The number of thiophene rings is 1. The highest BCUT2D eigenvalue weighted by Crippen LogP contribution is 2.47. The van der Waals surface area contributed by atoms with E-state index in [4.69, 9.17) is 4.42 Å². The van der Waals surface area contributed by atoms with Crippen LogP contribution in [-0.4, -0.2) is 0 Å². The number of nitrogens with zero attached hydrogens (tertiary/aromatic N) is 1. The third-order valence-electron chi connectivity index (χ3n) is 12.8. The summed E-state index contributed by atoms with van der Waals surface area (Å²) in [6.45, 7) is 0. The van der Waals surface area contributed by atoms with Crippen molar-refractivity contribution in [2.75, 3.05) is 4.90 Å². The molecule has 0 aliphatic heterocycles. The Hall–Kier alpha value is -7.98. The minimum Gasteiger partial charge on any atom is -0.456 e. The van der Waals surface area contributed by atoms with Gasteiger partial charge in [-0.1, -0.05) is 152 Å². The van der Waals surface area contributed by atoms with Gasteiger partial charge in [-0.25, -0.2) is 0 Å². The molecule has 2 nitrogen and oxygen atoms in total. The summed E-state index contributed by atoms with van der Waals surface area (Å²) in [5, 5.41) is 12.3. The minimum absolute atomic E-state index is 0.884. The van der Waals surface area contributed by atoms with Gasteiger partial charge in [0.25, 0.3) is 0 Å². The molecule has 0 radical (unpaired) electrons. The maximum absolute atomic E-state index is 6.32. The van der Waals surface area contributed by atoms with Crippen molar-refractivity contribution in [2.24, 2.45) is 0 Å². The maximum Gasteiger partial charge on any atom is 0.135 e. The van der Waals surface area contributed by atoms with Gasteiger partial charge in [-0.15, -0.1) is 11.3 Å². The number of rotatable bonds is 6. The van der Waals surface area contributed by atoms with Crippen molar-refractivity contribution in [1.82, 2.24) is 0 Å². The van der Waals surface area contributed by atoms with Gasteiger partial charge in [-0.3, -0.25) is 0 Å². The number of fused-ring (bicyclic) bond motifs is 12. The van der Waals surface area contributed by atoms with Gasteiger partial charge in [0.2, 0.25) is 0 Å². The van der Waals surface area contributed by atoms with Crippen LogP contribution < -0.4 is 4.90 Å². The Labute approximate surface area is 368 Å². The fourth-order valence-electron chi connectivity index (χ4n) is 9.94. The second-order valence-corrected chi connectivity index (χ2v) is 17.5. The summed E-state index contributed by atoms with van der Waals surface area (Å²) in [5.41, 5.74) is 12.2. The number of para-hydroxylation sites is 1. The highest BCUT2D eigenvalue weighted by atomic mass is 32.1. The van der Waals surface area contributed by atoms with Crippen LogP contribution in [0.4, 0.5) is 17.1 Å². The van der Waals surface area contributed by atoms with Gasteiger partial charge in [0, 0.05) is 42.3 Å². The van der Waals surface area contributed by atoms with Crippen LogP contribution in [0.3, 0.4) is 0 Å². The first-order chi connectivity index (χ1) is 31.2. The van der Waals surface area contributed by atoms with E-state index in [1.54, 1.807) is 0 Å². The van der Waals surface area contributed by atoms with Gasteiger partial charge >= 0.3 is 0 Å². The molecule has 2 heterocycles. The van der Waals surface area contributed by atoms with E-state index in [0.29, 0.717) is 0 Å². The average Bonchev–Trinajstić information content (AvgIpc) is 3.93. The van der Waals surface area contributed by atoms with Crippen LogP contribution in [-0.2, 0) is 0 Å². The Morgan fingerprint density at radius 3 is 1.59 bits per heavy atom. The SMILES string of the molecule is c1ccc(-c2cccc(-c3cc4c5ccccc5c5ccccc5c4cc3-c3ccc(N(c4ccc5oc6ccccc6c5c4)c4cccc5sc6ccccc6c45)cc3)c2)cc1. The molecule has 0 fully saturated rings. The van der Waals surface area contributed by atoms with Crippen molar-refractivity contribution in [1.29, 1.82) is 0 Å². The molecule has 0 atom stereocenters. The average molecular weight is 820 g/mol. The van der Waals surface area contributed by atoms with Gasteiger partial charge in [0.05, 0.1) is 5.69 Å². The van der Waals surface area contributed by atoms with Crippen molar-refractivity contribution in [2.45, 2.75) is 0 Å². The van der Waals surface area contributed by atoms with Gasteiger partial charge in [-0.2, -0.15) is 0 Å². The molecule has 0 bridgehead atoms. The van der Waals surface area contributed by atoms with Crippen molar-refractivity contribution in [3.63, 3.8) is 0 Å². The van der Waals surface area contributed by atoms with Gasteiger partial charge in [-0.05, 0) is 138 Å². The highest BCUT2D eigenvalue weighted by molar-refractivity contribution is 7.26. The summed E-state index contributed by atoms with van der Waals surface area (Å²) in [5.74, 6) is 0. The molecule has 3 heteroatoms. The Kier molecular flexibility index (Phi) is 8.12. The normalized spacial score (nSPS) is 11.8. The molecule has 63 heavy (non-hydrogen) atoms. The molecule has 0 aliphatic rings. The predicted octanol–water partition coefficient (Wildman–Crippen LogP) is 17.9. The lowest BCUT2D eigenvalue weighted by Crippen LogP contribution is -2.10. The molecular formula is C60H37NOS. The standard InChI is InChI=1S/C60H37NOS/c1-2-14-38(15-3-1)40-16-12-17-41(34-40)51-37-53-47-21-7-5-19-45(47)44-18-4-6-20-46(44)52(53)36-50(51)39-28-30-42(31-29-39)61(43-32-33-57-54(35-43)48-22-8-10-25-56(48)62-57)55-24-13-27-59-60(55)49-23-9-11-26-58(49)63-59/h1-37H. The molecule has 0 aliphatic carbocycles. The molecule has 0 spiro atoms. The van der Waals surface area contributed by atoms with Crippen molar-refractivity contribution >= 4 is 103 Å². The quantitative estimate of drug-likeness (QED) is 0.155. The topological polar surface area (TPSA) is 16.4 Å². The Morgan fingerprint density at radius 2 is 0.841 bits per heavy atom. The van der Waals surface area contributed by atoms with Crippen LogP contribution in [0.25, 0.3) is 108 Å². The van der Waals surface area contributed by atoms with E-state index in [9.17, 15) is 0 Å². The van der Waals surface area contributed by atoms with Crippen LogP contribution in [0.2, 0.25) is 0 Å². The number of benzene rings is 11. The van der Waals surface area contributed by atoms with E-state index >= 15 is 0 Å². The molecule has 13 aromatic rings. The first kappa shape index (κ1) is 35.7. The summed E-state index contributed by atoms with van der Waals surface area (Å²) >= 11 is 1.85. The summed E-state index contributed by atoms with van der Waals surface area (Å²) < 4.78 is 8.87. The summed E-state index contributed by atoms with van der Waals surface area (Å²) in [6, 6.07) is 81.9. The van der Waals surface area contributed by atoms with E-state index in [-0.39, 0.29) is 0 Å². The zero-order chi connectivity index (χ0) is 41.4. The monoisotopic (exact) mass is 819 g/mol. The van der Waals surface area contributed by atoms with E-state index in [1.807, 2.05) is 23.5 Å². The molecule has 0 unspecified atom stereocenters. The second kappa shape index (κ2) is 14.3. The summed E-state index contributed by atoms with van der Waals surface area (Å²) in [4.78, 5) is 2.43. The molecular weight excluding hydrogens is 783 g/mol. The molecule has 13 rings (SSSR count). The van der Waals surface area contributed by atoms with Gasteiger partial charge < -0.3 is 9.32 Å². The van der Waals surface area contributed by atoms with Crippen molar-refractivity contribution in [3.05, 3.63) is 224 Å². The molecule has 294 valence electrons. The Balaban J connectivity index is 1.04. The fourth-order valence-corrected chi connectivity index (χ4v) is 11.1. The van der Waals surface area contributed by atoms with Crippen LogP contribution in [0.15, 0.2) is 229 Å². The smallest absolute Gasteiger partial charge is 0.135 e. The maximum atomic E-state index is 6.32. The Morgan fingerprint density at radius 1 is 0.302 bits per heavy atom. The largest absolute Gasteiger partial charge is 0.456 e. The number of furan rings is 1. The summed E-state index contributed by atoms with van der Waals surface area (Å²) in [6.07, 6.45) is 0. The van der Waals surface area contributed by atoms with Gasteiger partial charge in [0.15, 0.2) is 0 Å². The molecule has 2 aromatic heterocycles. The van der Waals surface area contributed by atoms with E-state index in [0.717, 1.165) is 44.6 Å². The van der Waals surface area contributed by atoms with E-state index in [1.165, 1.54) is 80.3 Å². The van der Waals surface area contributed by atoms with Gasteiger partial charge in [0.1, 0.15) is 11.2 Å². The number of anilines is 3. The van der Waals surface area contributed by atoms with Crippen LogP contribution in [0, 0.1) is 0 Å². The first-order valence-corrected chi connectivity index (χ1v) is 22.3. The van der Waals surface area contributed by atoms with E-state index in [2.05, 4.69) is 217 Å². The predicted molar refractivity (Wildman–Crippen MR) is 270 cm³/mol. The molecule has 0 saturated carbocycles. The fraction of sp³-hybridized carbons (Fsp3) is 0. The minimum atomic E-state index is 0.884. The first-order valence-electron chi connectivity index (χ1n) is 21.5. The lowest BCUT2D eigenvalue weighted by Gasteiger charge is -2.27.